The zero-order chi connectivity index (χ0) is 12.4. The van der Waals surface area contributed by atoms with E-state index in [4.69, 9.17) is 5.73 Å². The quantitative estimate of drug-likeness (QED) is 0.784. The third-order valence-electron chi connectivity index (χ3n) is 2.62. The Bertz CT molecular complexity index is 528. The maximum absolute atomic E-state index is 10.9. The Morgan fingerprint density at radius 1 is 1.29 bits per heavy atom. The van der Waals surface area contributed by atoms with Gasteiger partial charge in [-0.25, -0.2) is 0 Å². The van der Waals surface area contributed by atoms with E-state index in [0.29, 0.717) is 17.5 Å². The fourth-order valence-corrected chi connectivity index (χ4v) is 1.63. The Labute approximate surface area is 99.2 Å². The standard InChI is InChI=1S/C12H14N4O/c1-16(2)9-5-3-8(4-6-9)11-10(7-17)12(13)15-14-11/h3-7H,1-2H3,(H3,13,14,15). The van der Waals surface area contributed by atoms with Gasteiger partial charge in [-0.1, -0.05) is 12.1 Å². The van der Waals surface area contributed by atoms with Gasteiger partial charge in [-0.15, -0.1) is 0 Å². The summed E-state index contributed by atoms with van der Waals surface area (Å²) in [6.45, 7) is 0. The summed E-state index contributed by atoms with van der Waals surface area (Å²) in [7, 11) is 3.94. The number of hydrogen-bond donors (Lipinski definition) is 2. The van der Waals surface area contributed by atoms with Crippen LogP contribution in [0.25, 0.3) is 11.3 Å². The van der Waals surface area contributed by atoms with Crippen LogP contribution in [0.3, 0.4) is 0 Å². The summed E-state index contributed by atoms with van der Waals surface area (Å²) in [5.41, 5.74) is 8.63. The van der Waals surface area contributed by atoms with E-state index < -0.39 is 0 Å². The minimum atomic E-state index is 0.228. The van der Waals surface area contributed by atoms with Gasteiger partial charge in [-0.2, -0.15) is 5.10 Å². The van der Waals surface area contributed by atoms with E-state index in [0.717, 1.165) is 11.3 Å². The van der Waals surface area contributed by atoms with Crippen molar-refractivity contribution in [1.82, 2.24) is 10.2 Å². The predicted octanol–water partition coefficient (Wildman–Crippen LogP) is 1.54. The van der Waals surface area contributed by atoms with Crippen molar-refractivity contribution >= 4 is 17.8 Å². The number of H-pyrrole nitrogens is 1. The molecule has 0 fully saturated rings. The minimum absolute atomic E-state index is 0.228. The second-order valence-corrected chi connectivity index (χ2v) is 3.96. The van der Waals surface area contributed by atoms with Gasteiger partial charge in [-0.05, 0) is 12.1 Å². The molecule has 0 unspecified atom stereocenters. The van der Waals surface area contributed by atoms with Crippen LogP contribution in [0, 0.1) is 0 Å². The zero-order valence-electron chi connectivity index (χ0n) is 9.77. The van der Waals surface area contributed by atoms with E-state index in [-0.39, 0.29) is 5.82 Å². The van der Waals surface area contributed by atoms with Crippen molar-refractivity contribution in [3.8, 4) is 11.3 Å². The highest BCUT2D eigenvalue weighted by Crippen LogP contribution is 2.25. The van der Waals surface area contributed by atoms with Gasteiger partial charge in [0.25, 0.3) is 0 Å². The van der Waals surface area contributed by atoms with Crippen molar-refractivity contribution in [2.45, 2.75) is 0 Å². The molecule has 0 aliphatic heterocycles. The lowest BCUT2D eigenvalue weighted by molar-refractivity contribution is 0.112. The molecule has 0 spiro atoms. The molecule has 0 aliphatic carbocycles. The van der Waals surface area contributed by atoms with E-state index in [1.807, 2.05) is 43.3 Å². The maximum Gasteiger partial charge on any atom is 0.156 e. The summed E-state index contributed by atoms with van der Waals surface area (Å²) in [6, 6.07) is 7.80. The molecule has 0 radical (unpaired) electrons. The first-order valence-corrected chi connectivity index (χ1v) is 5.20. The van der Waals surface area contributed by atoms with Crippen LogP contribution < -0.4 is 10.6 Å². The van der Waals surface area contributed by atoms with Crippen LogP contribution in [0.2, 0.25) is 0 Å². The first-order valence-electron chi connectivity index (χ1n) is 5.20. The lowest BCUT2D eigenvalue weighted by atomic mass is 10.1. The Morgan fingerprint density at radius 3 is 2.47 bits per heavy atom. The molecule has 1 aromatic heterocycles. The summed E-state index contributed by atoms with van der Waals surface area (Å²) >= 11 is 0. The lowest BCUT2D eigenvalue weighted by Gasteiger charge is -2.12. The summed E-state index contributed by atoms with van der Waals surface area (Å²) < 4.78 is 0. The Hall–Kier alpha value is -2.30. The van der Waals surface area contributed by atoms with E-state index >= 15 is 0 Å². The average molecular weight is 230 g/mol. The highest BCUT2D eigenvalue weighted by atomic mass is 16.1. The molecule has 0 saturated heterocycles. The van der Waals surface area contributed by atoms with Crippen LogP contribution in [0.15, 0.2) is 24.3 Å². The van der Waals surface area contributed by atoms with E-state index in [9.17, 15) is 4.79 Å². The van der Waals surface area contributed by atoms with Gasteiger partial charge >= 0.3 is 0 Å². The van der Waals surface area contributed by atoms with Crippen LogP contribution >= 0.6 is 0 Å². The normalized spacial score (nSPS) is 10.2. The molecule has 17 heavy (non-hydrogen) atoms. The number of anilines is 2. The molecule has 3 N–H and O–H groups in total. The third-order valence-corrected chi connectivity index (χ3v) is 2.62. The predicted molar refractivity (Wildman–Crippen MR) is 68.2 cm³/mol. The van der Waals surface area contributed by atoms with Crippen molar-refractivity contribution < 1.29 is 4.79 Å². The molecule has 0 saturated carbocycles. The first-order chi connectivity index (χ1) is 8.13. The summed E-state index contributed by atoms with van der Waals surface area (Å²) in [6.07, 6.45) is 0.716. The van der Waals surface area contributed by atoms with Crippen molar-refractivity contribution in [3.05, 3.63) is 29.8 Å². The molecule has 88 valence electrons. The number of benzene rings is 1. The number of rotatable bonds is 3. The van der Waals surface area contributed by atoms with Gasteiger partial charge in [0.1, 0.15) is 0 Å². The number of nitrogens with two attached hydrogens (primary N) is 1. The number of aromatic amines is 1. The van der Waals surface area contributed by atoms with E-state index in [1.54, 1.807) is 0 Å². The number of carbonyl (C=O) groups is 1. The fraction of sp³-hybridized carbons (Fsp3) is 0.167. The molecule has 0 bridgehead atoms. The second kappa shape index (κ2) is 4.29. The van der Waals surface area contributed by atoms with Crippen LogP contribution in [0.4, 0.5) is 11.5 Å². The molecule has 1 heterocycles. The van der Waals surface area contributed by atoms with Gasteiger partial charge in [0, 0.05) is 25.3 Å². The van der Waals surface area contributed by atoms with E-state index in [2.05, 4.69) is 10.2 Å². The van der Waals surface area contributed by atoms with Gasteiger partial charge in [0.15, 0.2) is 12.1 Å². The number of aromatic nitrogens is 2. The van der Waals surface area contributed by atoms with Gasteiger partial charge in [0.2, 0.25) is 0 Å². The molecule has 1 aromatic carbocycles. The number of nitrogens with zero attached hydrogens (tertiary/aromatic N) is 2. The molecule has 5 nitrogen and oxygen atoms in total. The third kappa shape index (κ3) is 1.99. The number of hydrogen-bond acceptors (Lipinski definition) is 4. The SMILES string of the molecule is CN(C)c1ccc(-c2[nH]nc(N)c2C=O)cc1. The monoisotopic (exact) mass is 230 g/mol. The average Bonchev–Trinajstić information content (AvgIpc) is 2.70. The number of nitrogen functional groups attached to an aromatic ring is 1. The Balaban J connectivity index is 2.43. The molecule has 5 heteroatoms. The van der Waals surface area contributed by atoms with E-state index in [1.165, 1.54) is 0 Å². The molecule has 0 aliphatic rings. The number of nitrogens with one attached hydrogen (secondary N) is 1. The summed E-state index contributed by atoms with van der Waals surface area (Å²) in [5, 5.41) is 6.60. The molecule has 0 atom stereocenters. The summed E-state index contributed by atoms with van der Waals surface area (Å²) in [5.74, 6) is 0.228. The fourth-order valence-electron chi connectivity index (χ4n) is 1.63. The molecule has 2 aromatic rings. The van der Waals surface area contributed by atoms with Crippen molar-refractivity contribution in [3.63, 3.8) is 0 Å². The summed E-state index contributed by atoms with van der Waals surface area (Å²) in [4.78, 5) is 12.9. The van der Waals surface area contributed by atoms with Crippen LogP contribution in [0.5, 0.6) is 0 Å². The van der Waals surface area contributed by atoms with Crippen LogP contribution in [-0.4, -0.2) is 30.6 Å². The minimum Gasteiger partial charge on any atom is -0.382 e. The van der Waals surface area contributed by atoms with Gasteiger partial charge in [-0.3, -0.25) is 9.89 Å². The van der Waals surface area contributed by atoms with Crippen molar-refractivity contribution in [2.75, 3.05) is 24.7 Å². The molecular formula is C12H14N4O. The molecular weight excluding hydrogens is 216 g/mol. The highest BCUT2D eigenvalue weighted by Gasteiger charge is 2.11. The second-order valence-electron chi connectivity index (χ2n) is 3.96. The Kier molecular flexibility index (Phi) is 2.82. The van der Waals surface area contributed by atoms with Crippen LogP contribution in [0.1, 0.15) is 10.4 Å². The molecule has 2 rings (SSSR count). The molecule has 0 amide bonds. The first kappa shape index (κ1) is 11.2. The largest absolute Gasteiger partial charge is 0.382 e. The Morgan fingerprint density at radius 2 is 1.94 bits per heavy atom. The number of carbonyl (C=O) groups excluding carboxylic acids is 1. The van der Waals surface area contributed by atoms with Crippen molar-refractivity contribution in [1.29, 1.82) is 0 Å². The lowest BCUT2D eigenvalue weighted by Crippen LogP contribution is -2.07. The highest BCUT2D eigenvalue weighted by molar-refractivity contribution is 5.91. The van der Waals surface area contributed by atoms with Gasteiger partial charge < -0.3 is 10.6 Å². The zero-order valence-corrected chi connectivity index (χ0v) is 9.77. The number of aldehydes is 1. The van der Waals surface area contributed by atoms with Crippen molar-refractivity contribution in [2.24, 2.45) is 0 Å². The maximum atomic E-state index is 10.9. The van der Waals surface area contributed by atoms with Gasteiger partial charge in [0.05, 0.1) is 11.3 Å². The topological polar surface area (TPSA) is 75.0 Å². The van der Waals surface area contributed by atoms with Crippen LogP contribution in [-0.2, 0) is 0 Å². The smallest absolute Gasteiger partial charge is 0.156 e.